The van der Waals surface area contributed by atoms with E-state index in [2.05, 4.69) is 15.1 Å². The minimum atomic E-state index is 0.356. The maximum absolute atomic E-state index is 5.45. The van der Waals surface area contributed by atoms with Crippen molar-refractivity contribution in [3.05, 3.63) is 18.6 Å². The third-order valence-electron chi connectivity index (χ3n) is 1.22. The summed E-state index contributed by atoms with van der Waals surface area (Å²) in [5.74, 6) is 0.356. The van der Waals surface area contributed by atoms with Crippen LogP contribution in [0.2, 0.25) is 0 Å². The van der Waals surface area contributed by atoms with E-state index in [4.69, 9.17) is 5.73 Å². The molecule has 0 aromatic carbocycles. The van der Waals surface area contributed by atoms with Gasteiger partial charge in [-0.25, -0.2) is 9.97 Å². The van der Waals surface area contributed by atoms with Crippen molar-refractivity contribution in [2.75, 3.05) is 5.73 Å². The van der Waals surface area contributed by atoms with Crippen LogP contribution in [0.4, 0.5) is 5.95 Å². The van der Waals surface area contributed by atoms with Crippen LogP contribution >= 0.6 is 0 Å². The number of nitrogens with zero attached hydrogens (tertiary/aromatic N) is 4. The molecule has 0 saturated heterocycles. The molecule has 0 atom stereocenters. The summed E-state index contributed by atoms with van der Waals surface area (Å²) < 4.78 is 1.47. The summed E-state index contributed by atoms with van der Waals surface area (Å²) in [6, 6.07) is 1.76. The van der Waals surface area contributed by atoms with E-state index in [1.807, 2.05) is 0 Å². The average molecular weight is 135 g/mol. The molecule has 2 aromatic rings. The smallest absolute Gasteiger partial charge is 0.224 e. The summed E-state index contributed by atoms with van der Waals surface area (Å²) in [6.45, 7) is 0. The van der Waals surface area contributed by atoms with Crippen LogP contribution in [0, 0.1) is 0 Å². The molecule has 0 spiro atoms. The fraction of sp³-hybridized carbons (Fsp3) is 0. The zero-order valence-electron chi connectivity index (χ0n) is 5.10. The lowest BCUT2D eigenvalue weighted by Crippen LogP contribution is -2.01. The summed E-state index contributed by atoms with van der Waals surface area (Å²) in [6.07, 6.45) is 3.03. The monoisotopic (exact) mass is 135 g/mol. The van der Waals surface area contributed by atoms with E-state index in [0.29, 0.717) is 11.6 Å². The molecule has 0 bridgehead atoms. The molecule has 2 aromatic heterocycles. The molecule has 10 heavy (non-hydrogen) atoms. The maximum atomic E-state index is 5.45. The fourth-order valence-corrected chi connectivity index (χ4v) is 0.773. The average Bonchev–Trinajstić information content (AvgIpc) is 2.36. The SMILES string of the molecule is Nc1ncnc2ccnn12. The number of rotatable bonds is 0. The molecular weight excluding hydrogens is 130 g/mol. The van der Waals surface area contributed by atoms with Crippen molar-refractivity contribution < 1.29 is 0 Å². The number of nitrogen functional groups attached to an aromatic ring is 1. The van der Waals surface area contributed by atoms with Gasteiger partial charge in [-0.15, -0.1) is 0 Å². The third-order valence-corrected chi connectivity index (χ3v) is 1.22. The maximum Gasteiger partial charge on any atom is 0.224 e. The van der Waals surface area contributed by atoms with Crippen LogP contribution in [0.15, 0.2) is 18.6 Å². The number of nitrogens with two attached hydrogens (primary N) is 1. The van der Waals surface area contributed by atoms with Crippen molar-refractivity contribution in [2.24, 2.45) is 0 Å². The first-order valence-corrected chi connectivity index (χ1v) is 2.78. The van der Waals surface area contributed by atoms with Gasteiger partial charge in [0, 0.05) is 6.07 Å². The van der Waals surface area contributed by atoms with Gasteiger partial charge < -0.3 is 5.73 Å². The lowest BCUT2D eigenvalue weighted by atomic mass is 10.7. The highest BCUT2D eigenvalue weighted by atomic mass is 15.3. The number of anilines is 1. The van der Waals surface area contributed by atoms with E-state index >= 15 is 0 Å². The largest absolute Gasteiger partial charge is 0.368 e. The number of hydrogen-bond donors (Lipinski definition) is 1. The second kappa shape index (κ2) is 1.66. The lowest BCUT2D eigenvalue weighted by molar-refractivity contribution is 0.909. The quantitative estimate of drug-likeness (QED) is 0.538. The highest BCUT2D eigenvalue weighted by Gasteiger charge is 1.95. The van der Waals surface area contributed by atoms with Crippen molar-refractivity contribution in [3.8, 4) is 0 Å². The molecule has 2 heterocycles. The van der Waals surface area contributed by atoms with Gasteiger partial charge in [-0.2, -0.15) is 9.61 Å². The summed E-state index contributed by atoms with van der Waals surface area (Å²) in [5, 5.41) is 3.88. The molecule has 0 radical (unpaired) electrons. The zero-order chi connectivity index (χ0) is 6.97. The van der Waals surface area contributed by atoms with E-state index in [0.717, 1.165) is 0 Å². The molecule has 0 aliphatic carbocycles. The Morgan fingerprint density at radius 2 is 2.30 bits per heavy atom. The fourth-order valence-electron chi connectivity index (χ4n) is 0.773. The predicted molar refractivity (Wildman–Crippen MR) is 35.2 cm³/mol. The minimum absolute atomic E-state index is 0.356. The number of fused-ring (bicyclic) bond motifs is 1. The molecule has 0 unspecified atom stereocenters. The molecule has 0 saturated carbocycles. The second-order valence-electron chi connectivity index (χ2n) is 1.83. The van der Waals surface area contributed by atoms with Crippen LogP contribution in [0.25, 0.3) is 5.65 Å². The Bertz CT molecular complexity index is 352. The van der Waals surface area contributed by atoms with Gasteiger partial charge in [0.25, 0.3) is 0 Å². The van der Waals surface area contributed by atoms with Crippen LogP contribution in [0.3, 0.4) is 0 Å². The van der Waals surface area contributed by atoms with Gasteiger partial charge in [0.1, 0.15) is 6.33 Å². The predicted octanol–water partition coefficient (Wildman–Crippen LogP) is -0.294. The molecule has 2 N–H and O–H groups in total. The van der Waals surface area contributed by atoms with E-state index in [9.17, 15) is 0 Å². The van der Waals surface area contributed by atoms with E-state index < -0.39 is 0 Å². The molecule has 5 nitrogen and oxygen atoms in total. The van der Waals surface area contributed by atoms with Crippen molar-refractivity contribution in [1.29, 1.82) is 0 Å². The van der Waals surface area contributed by atoms with Crippen LogP contribution < -0.4 is 5.73 Å². The Labute approximate surface area is 56.5 Å². The Kier molecular flexibility index (Phi) is 0.858. The van der Waals surface area contributed by atoms with Crippen molar-refractivity contribution in [1.82, 2.24) is 19.6 Å². The summed E-state index contributed by atoms with van der Waals surface area (Å²) in [4.78, 5) is 7.66. The topological polar surface area (TPSA) is 69.1 Å². The summed E-state index contributed by atoms with van der Waals surface area (Å²) in [7, 11) is 0. The molecule has 0 fully saturated rings. The van der Waals surface area contributed by atoms with E-state index in [1.165, 1.54) is 10.8 Å². The van der Waals surface area contributed by atoms with Crippen molar-refractivity contribution in [3.63, 3.8) is 0 Å². The molecular formula is C5H5N5. The Balaban J connectivity index is 2.95. The van der Waals surface area contributed by atoms with Gasteiger partial charge in [-0.3, -0.25) is 0 Å². The van der Waals surface area contributed by atoms with Crippen LogP contribution in [-0.4, -0.2) is 19.6 Å². The van der Waals surface area contributed by atoms with Crippen molar-refractivity contribution in [2.45, 2.75) is 0 Å². The second-order valence-corrected chi connectivity index (χ2v) is 1.83. The van der Waals surface area contributed by atoms with Gasteiger partial charge in [0.05, 0.1) is 6.20 Å². The zero-order valence-corrected chi connectivity index (χ0v) is 5.10. The third kappa shape index (κ3) is 0.540. The van der Waals surface area contributed by atoms with Gasteiger partial charge in [0.15, 0.2) is 5.65 Å². The highest BCUT2D eigenvalue weighted by molar-refractivity contribution is 5.39. The van der Waals surface area contributed by atoms with Crippen LogP contribution in [0.1, 0.15) is 0 Å². The van der Waals surface area contributed by atoms with Gasteiger partial charge in [-0.1, -0.05) is 0 Å². The van der Waals surface area contributed by atoms with Crippen molar-refractivity contribution >= 4 is 11.6 Å². The van der Waals surface area contributed by atoms with Gasteiger partial charge >= 0.3 is 0 Å². The first kappa shape index (κ1) is 5.16. The van der Waals surface area contributed by atoms with Crippen LogP contribution in [-0.2, 0) is 0 Å². The first-order chi connectivity index (χ1) is 4.88. The first-order valence-electron chi connectivity index (χ1n) is 2.78. The van der Waals surface area contributed by atoms with Crippen LogP contribution in [0.5, 0.6) is 0 Å². The molecule has 5 heteroatoms. The Hall–Kier alpha value is -1.65. The molecule has 0 amide bonds. The lowest BCUT2D eigenvalue weighted by Gasteiger charge is -1.92. The highest BCUT2D eigenvalue weighted by Crippen LogP contribution is 1.98. The normalized spacial score (nSPS) is 10.4. The van der Waals surface area contributed by atoms with Gasteiger partial charge in [0.2, 0.25) is 5.95 Å². The molecule has 2 rings (SSSR count). The van der Waals surface area contributed by atoms with E-state index in [1.54, 1.807) is 12.3 Å². The summed E-state index contributed by atoms with van der Waals surface area (Å²) >= 11 is 0. The standard InChI is InChI=1S/C5H5N5/c6-5-8-3-7-4-1-2-9-10(4)5/h1-3H,(H2,6,7,8). The number of aromatic nitrogens is 4. The molecule has 0 aliphatic rings. The summed E-state index contributed by atoms with van der Waals surface area (Å²) in [5.41, 5.74) is 6.17. The Morgan fingerprint density at radius 3 is 3.10 bits per heavy atom. The number of hydrogen-bond acceptors (Lipinski definition) is 4. The molecule has 50 valence electrons. The Morgan fingerprint density at radius 1 is 1.40 bits per heavy atom. The molecule has 0 aliphatic heterocycles. The van der Waals surface area contributed by atoms with E-state index in [-0.39, 0.29) is 0 Å². The van der Waals surface area contributed by atoms with Gasteiger partial charge in [-0.05, 0) is 0 Å². The minimum Gasteiger partial charge on any atom is -0.368 e.